The van der Waals surface area contributed by atoms with Crippen LogP contribution in [0.15, 0.2) is 30.9 Å². The van der Waals surface area contributed by atoms with Crippen molar-refractivity contribution in [2.24, 2.45) is 5.73 Å². The van der Waals surface area contributed by atoms with Gasteiger partial charge < -0.3 is 40.5 Å². The Morgan fingerprint density at radius 2 is 1.93 bits per heavy atom. The minimum atomic E-state index is -5.72. The van der Waals surface area contributed by atoms with Gasteiger partial charge in [-0.1, -0.05) is 11.8 Å². The number of phosphoric ester groups is 1. The van der Waals surface area contributed by atoms with Gasteiger partial charge in [0.15, 0.2) is 17.0 Å². The summed E-state index contributed by atoms with van der Waals surface area (Å²) in [5.74, 6) is 5.61. The zero-order chi connectivity index (χ0) is 33.2. The fourth-order valence-electron chi connectivity index (χ4n) is 4.26. The summed E-state index contributed by atoms with van der Waals surface area (Å²) in [5, 5.41) is 25.3. The molecule has 3 aromatic rings. The van der Waals surface area contributed by atoms with E-state index in [1.807, 2.05) is 0 Å². The molecule has 0 bridgehead atoms. The number of aliphatic hydroxyl groups is 1. The van der Waals surface area contributed by atoms with Gasteiger partial charge in [-0.25, -0.2) is 28.6 Å². The second-order valence-electron chi connectivity index (χ2n) is 9.27. The standard InChI is InChI=1S/C21H26N7O14P3/c1-12(14-5-4-13(3-2-6-22)7-15(14)28(30)31)26-20-19-21(24-10-23-20)27(11-25-19)18-8-16(29)17(40-18)9-39-44(35,36)42-45(37,38)41-43(32,33)34/h4-5,7,10-12,16-18,29H,6,8-9,22H2,1H3,(H,35,36)(H,37,38)(H,23,24,26)(H2,32,33,34)/t12-,16-,17-,18-/m1/s1. The summed E-state index contributed by atoms with van der Waals surface area (Å²) in [6.45, 7) is 0.914. The molecule has 0 aliphatic carbocycles. The Labute approximate surface area is 253 Å². The molecule has 4 rings (SSSR count). The van der Waals surface area contributed by atoms with Crippen molar-refractivity contribution in [3.63, 3.8) is 0 Å². The van der Waals surface area contributed by atoms with Crippen LogP contribution in [0.25, 0.3) is 11.2 Å². The Balaban J connectivity index is 1.47. The number of hydrogen-bond donors (Lipinski definition) is 7. The molecule has 6 atom stereocenters. The summed E-state index contributed by atoms with van der Waals surface area (Å²) >= 11 is 0. The molecular formula is C21H26N7O14P3. The number of rotatable bonds is 12. The normalized spacial score (nSPS) is 21.8. The Hall–Kier alpha value is -3.18. The number of imidazole rings is 1. The molecule has 1 aliphatic rings. The lowest BCUT2D eigenvalue weighted by molar-refractivity contribution is -0.385. The third-order valence-electron chi connectivity index (χ3n) is 6.07. The smallest absolute Gasteiger partial charge is 0.390 e. The SMILES string of the molecule is C[C@@H](Nc1ncnc2c1ncn2[C@H]1C[C@@H](O)[C@@H](COP(=O)(O)OP(=O)(O)OP(=O)(O)O)O1)c1ccc(C#CCN)cc1[N+](=O)[O-]. The summed E-state index contributed by atoms with van der Waals surface area (Å²) in [6, 6.07) is 3.89. The number of aromatic nitrogens is 4. The van der Waals surface area contributed by atoms with E-state index in [4.69, 9.17) is 20.3 Å². The van der Waals surface area contributed by atoms with E-state index in [0.29, 0.717) is 11.1 Å². The summed E-state index contributed by atoms with van der Waals surface area (Å²) in [4.78, 5) is 60.1. The largest absolute Gasteiger partial charge is 0.490 e. The van der Waals surface area contributed by atoms with Crippen LogP contribution in [0.3, 0.4) is 0 Å². The quantitative estimate of drug-likeness (QED) is 0.0606. The van der Waals surface area contributed by atoms with Crippen molar-refractivity contribution >= 4 is 46.1 Å². The molecule has 244 valence electrons. The van der Waals surface area contributed by atoms with Gasteiger partial charge in [0, 0.05) is 18.1 Å². The molecule has 2 aromatic heterocycles. The number of nitrogens with two attached hydrogens (primary N) is 1. The van der Waals surface area contributed by atoms with E-state index >= 15 is 0 Å². The minimum absolute atomic E-state index is 0.0926. The predicted octanol–water partition coefficient (Wildman–Crippen LogP) is 1.21. The highest BCUT2D eigenvalue weighted by Crippen LogP contribution is 2.66. The number of nitro benzene ring substituents is 1. The van der Waals surface area contributed by atoms with Gasteiger partial charge in [0.2, 0.25) is 0 Å². The Bertz CT molecular complexity index is 1790. The van der Waals surface area contributed by atoms with Gasteiger partial charge in [-0.3, -0.25) is 19.2 Å². The highest BCUT2D eigenvalue weighted by molar-refractivity contribution is 7.66. The first kappa shape index (κ1) is 34.7. The van der Waals surface area contributed by atoms with Gasteiger partial charge in [-0.15, -0.1) is 0 Å². The topological polar surface area (TPSA) is 314 Å². The van der Waals surface area contributed by atoms with Crippen LogP contribution < -0.4 is 11.1 Å². The maximum Gasteiger partial charge on any atom is 0.490 e. The lowest BCUT2D eigenvalue weighted by atomic mass is 10.0. The van der Waals surface area contributed by atoms with E-state index in [1.54, 1.807) is 19.1 Å². The molecule has 1 aliphatic heterocycles. The van der Waals surface area contributed by atoms with Gasteiger partial charge in [0.25, 0.3) is 5.69 Å². The molecule has 0 radical (unpaired) electrons. The van der Waals surface area contributed by atoms with Crippen LogP contribution in [0.4, 0.5) is 11.5 Å². The zero-order valence-corrected chi connectivity index (χ0v) is 25.6. The van der Waals surface area contributed by atoms with Crippen molar-refractivity contribution in [1.82, 2.24) is 19.5 Å². The molecule has 2 unspecified atom stereocenters. The van der Waals surface area contributed by atoms with Gasteiger partial charge in [0.05, 0.1) is 42.1 Å². The zero-order valence-electron chi connectivity index (χ0n) is 22.9. The monoisotopic (exact) mass is 693 g/mol. The molecule has 0 spiro atoms. The summed E-state index contributed by atoms with van der Waals surface area (Å²) in [6.07, 6.45) is -1.08. The second kappa shape index (κ2) is 13.7. The summed E-state index contributed by atoms with van der Waals surface area (Å²) in [7, 11) is -16.7. The fraction of sp³-hybridized carbons (Fsp3) is 0.381. The Morgan fingerprint density at radius 3 is 2.60 bits per heavy atom. The molecule has 0 saturated carbocycles. The number of benzene rings is 1. The van der Waals surface area contributed by atoms with Crippen molar-refractivity contribution in [3.8, 4) is 11.8 Å². The van der Waals surface area contributed by atoms with Crippen LogP contribution in [0.1, 0.15) is 36.7 Å². The van der Waals surface area contributed by atoms with Crippen molar-refractivity contribution < 1.29 is 61.2 Å². The molecule has 24 heteroatoms. The van der Waals surface area contributed by atoms with Crippen LogP contribution in [-0.4, -0.2) is 74.5 Å². The highest BCUT2D eigenvalue weighted by atomic mass is 31.3. The molecule has 1 fully saturated rings. The predicted molar refractivity (Wildman–Crippen MR) is 151 cm³/mol. The van der Waals surface area contributed by atoms with E-state index < -0.39 is 59.5 Å². The molecule has 8 N–H and O–H groups in total. The number of nitrogens with one attached hydrogen (secondary N) is 1. The van der Waals surface area contributed by atoms with E-state index in [9.17, 15) is 38.7 Å². The van der Waals surface area contributed by atoms with Crippen molar-refractivity contribution in [2.45, 2.75) is 37.8 Å². The third-order valence-corrected chi connectivity index (χ3v) is 9.88. The highest BCUT2D eigenvalue weighted by Gasteiger charge is 2.43. The average Bonchev–Trinajstić information content (AvgIpc) is 3.52. The van der Waals surface area contributed by atoms with Crippen LogP contribution in [0.2, 0.25) is 0 Å². The molecular weight excluding hydrogens is 667 g/mol. The molecule has 45 heavy (non-hydrogen) atoms. The first-order chi connectivity index (χ1) is 21.0. The Morgan fingerprint density at radius 1 is 1.20 bits per heavy atom. The van der Waals surface area contributed by atoms with Crippen molar-refractivity contribution in [2.75, 3.05) is 18.5 Å². The number of nitro groups is 1. The first-order valence-electron chi connectivity index (χ1n) is 12.5. The third kappa shape index (κ3) is 8.97. The minimum Gasteiger partial charge on any atom is -0.390 e. The Kier molecular flexibility index (Phi) is 10.5. The molecule has 3 heterocycles. The number of hydrogen-bond acceptors (Lipinski definition) is 15. The van der Waals surface area contributed by atoms with Crippen LogP contribution in [-0.2, 0) is 31.6 Å². The van der Waals surface area contributed by atoms with E-state index in [0.717, 1.165) is 0 Å². The summed E-state index contributed by atoms with van der Waals surface area (Å²) < 4.78 is 53.3. The van der Waals surface area contributed by atoms with Crippen LogP contribution >= 0.6 is 23.5 Å². The molecule has 1 saturated heterocycles. The van der Waals surface area contributed by atoms with Gasteiger partial charge in [-0.2, -0.15) is 8.62 Å². The molecule has 21 nitrogen and oxygen atoms in total. The van der Waals surface area contributed by atoms with Gasteiger partial charge >= 0.3 is 23.5 Å². The van der Waals surface area contributed by atoms with Gasteiger partial charge in [-0.05, 0) is 19.1 Å². The van der Waals surface area contributed by atoms with E-state index in [2.05, 4.69) is 45.3 Å². The second-order valence-corrected chi connectivity index (χ2v) is 13.7. The van der Waals surface area contributed by atoms with Crippen molar-refractivity contribution in [3.05, 3.63) is 52.1 Å². The number of fused-ring (bicyclic) bond motifs is 1. The first-order valence-corrected chi connectivity index (χ1v) is 17.0. The molecule has 0 amide bonds. The lowest BCUT2D eigenvalue weighted by Crippen LogP contribution is -2.26. The lowest BCUT2D eigenvalue weighted by Gasteiger charge is -2.19. The molecule has 1 aromatic carbocycles. The van der Waals surface area contributed by atoms with Crippen molar-refractivity contribution in [1.29, 1.82) is 0 Å². The number of phosphoric acid groups is 3. The number of nitrogens with zero attached hydrogens (tertiary/aromatic N) is 5. The maximum absolute atomic E-state index is 12.0. The van der Waals surface area contributed by atoms with Gasteiger partial charge in [0.1, 0.15) is 18.7 Å². The summed E-state index contributed by atoms with van der Waals surface area (Å²) in [5.41, 5.74) is 6.43. The maximum atomic E-state index is 12.0. The van der Waals surface area contributed by atoms with Crippen LogP contribution in [0, 0.1) is 22.0 Å². The van der Waals surface area contributed by atoms with Crippen LogP contribution in [0.5, 0.6) is 0 Å². The fourth-order valence-corrected chi connectivity index (χ4v) is 7.29. The van der Waals surface area contributed by atoms with E-state index in [1.165, 1.54) is 23.3 Å². The number of ether oxygens (including phenoxy) is 1. The van der Waals surface area contributed by atoms with E-state index in [-0.39, 0.29) is 35.6 Å². The number of anilines is 1. The average molecular weight is 693 g/mol. The number of aliphatic hydroxyl groups excluding tert-OH is 1.